The molecule has 0 unspecified atom stereocenters. The van der Waals surface area contributed by atoms with Crippen molar-refractivity contribution in [2.24, 2.45) is 0 Å². The Hall–Kier alpha value is -2.33. The number of benzene rings is 2. The number of phenols is 1. The van der Waals surface area contributed by atoms with Crippen LogP contribution in [-0.4, -0.2) is 15.1 Å². The molecule has 0 amide bonds. The molecule has 5 heteroatoms. The number of fused-ring (bicyclic) bond motifs is 1. The summed E-state index contributed by atoms with van der Waals surface area (Å²) in [5.41, 5.74) is 1.49. The van der Waals surface area contributed by atoms with Crippen molar-refractivity contribution in [2.75, 3.05) is 0 Å². The van der Waals surface area contributed by atoms with Crippen molar-refractivity contribution in [1.82, 2.24) is 9.97 Å². The van der Waals surface area contributed by atoms with Gasteiger partial charge in [-0.1, -0.05) is 29.8 Å². The van der Waals surface area contributed by atoms with Crippen LogP contribution in [0.2, 0.25) is 5.02 Å². The summed E-state index contributed by atoms with van der Waals surface area (Å²) in [5, 5.41) is 10.0. The van der Waals surface area contributed by atoms with E-state index in [2.05, 4.69) is 9.97 Å². The summed E-state index contributed by atoms with van der Waals surface area (Å²) in [4.78, 5) is 8.52. The Bertz CT molecular complexity index is 726. The Morgan fingerprint density at radius 3 is 2.58 bits per heavy atom. The van der Waals surface area contributed by atoms with E-state index in [4.69, 9.17) is 16.3 Å². The summed E-state index contributed by atoms with van der Waals surface area (Å²) >= 11 is 5.96. The van der Waals surface area contributed by atoms with E-state index in [1.165, 1.54) is 12.3 Å². The molecule has 4 nitrogen and oxygen atoms in total. The molecule has 0 aliphatic carbocycles. The smallest absolute Gasteiger partial charge is 0.238 e. The van der Waals surface area contributed by atoms with Gasteiger partial charge in [0.25, 0.3) is 0 Å². The predicted molar refractivity (Wildman–Crippen MR) is 72.7 cm³/mol. The van der Waals surface area contributed by atoms with Crippen LogP contribution >= 0.6 is 11.6 Å². The fourth-order valence-corrected chi connectivity index (χ4v) is 1.90. The molecular weight excluding hydrogens is 264 g/mol. The van der Waals surface area contributed by atoms with Gasteiger partial charge in [-0.15, -0.1) is 0 Å². The normalized spacial score (nSPS) is 10.6. The lowest BCUT2D eigenvalue weighted by Gasteiger charge is -2.08. The third-order valence-electron chi connectivity index (χ3n) is 2.58. The highest BCUT2D eigenvalue weighted by Crippen LogP contribution is 2.36. The second-order valence-corrected chi connectivity index (χ2v) is 4.29. The van der Waals surface area contributed by atoms with Crippen molar-refractivity contribution >= 4 is 22.6 Å². The SMILES string of the molecule is Oc1cccc(Cl)c1Oc1cnc2ccccc2n1. The molecule has 94 valence electrons. The third-order valence-corrected chi connectivity index (χ3v) is 2.88. The minimum atomic E-state index is -0.0394. The van der Waals surface area contributed by atoms with Gasteiger partial charge < -0.3 is 9.84 Å². The molecule has 0 bridgehead atoms. The Morgan fingerprint density at radius 2 is 1.79 bits per heavy atom. The molecule has 3 rings (SSSR count). The first-order valence-corrected chi connectivity index (χ1v) is 5.99. The number of hydrogen-bond donors (Lipinski definition) is 1. The molecule has 2 aromatic carbocycles. The third kappa shape index (κ3) is 2.30. The highest BCUT2D eigenvalue weighted by Gasteiger charge is 2.10. The van der Waals surface area contributed by atoms with Gasteiger partial charge in [-0.3, -0.25) is 0 Å². The minimum absolute atomic E-state index is 0.0394. The molecule has 3 aromatic rings. The number of aromatic hydroxyl groups is 1. The number of nitrogens with zero attached hydrogens (tertiary/aromatic N) is 2. The lowest BCUT2D eigenvalue weighted by Crippen LogP contribution is -1.91. The second kappa shape index (κ2) is 4.74. The van der Waals surface area contributed by atoms with Crippen LogP contribution in [-0.2, 0) is 0 Å². The summed E-state index contributed by atoms with van der Waals surface area (Å²) in [7, 11) is 0. The van der Waals surface area contributed by atoms with E-state index in [0.717, 1.165) is 5.52 Å². The van der Waals surface area contributed by atoms with E-state index in [1.807, 2.05) is 24.3 Å². The summed E-state index contributed by atoms with van der Waals surface area (Å²) in [6.45, 7) is 0. The van der Waals surface area contributed by atoms with Gasteiger partial charge in [-0.2, -0.15) is 0 Å². The average molecular weight is 273 g/mol. The zero-order valence-electron chi connectivity index (χ0n) is 9.75. The number of hydrogen-bond acceptors (Lipinski definition) is 4. The van der Waals surface area contributed by atoms with Gasteiger partial charge in [0, 0.05) is 0 Å². The minimum Gasteiger partial charge on any atom is -0.504 e. The summed E-state index contributed by atoms with van der Waals surface area (Å²) in [6.07, 6.45) is 1.49. The fourth-order valence-electron chi connectivity index (χ4n) is 1.69. The molecule has 1 aromatic heterocycles. The van der Waals surface area contributed by atoms with E-state index in [-0.39, 0.29) is 17.4 Å². The molecule has 1 heterocycles. The van der Waals surface area contributed by atoms with Crippen molar-refractivity contribution in [3.63, 3.8) is 0 Å². The van der Waals surface area contributed by atoms with Crippen LogP contribution in [0.1, 0.15) is 0 Å². The van der Waals surface area contributed by atoms with Gasteiger partial charge in [0.15, 0.2) is 11.5 Å². The van der Waals surface area contributed by atoms with Gasteiger partial charge in [-0.25, -0.2) is 9.97 Å². The highest BCUT2D eigenvalue weighted by atomic mass is 35.5. The standard InChI is InChI=1S/C14H9ClN2O2/c15-9-4-3-7-12(18)14(9)19-13-8-16-10-5-1-2-6-11(10)17-13/h1-8,18H. The molecular formula is C14H9ClN2O2. The van der Waals surface area contributed by atoms with Crippen molar-refractivity contribution in [3.05, 3.63) is 53.7 Å². The van der Waals surface area contributed by atoms with Crippen LogP contribution < -0.4 is 4.74 Å². The van der Waals surface area contributed by atoms with Gasteiger partial charge in [0.05, 0.1) is 22.3 Å². The topological polar surface area (TPSA) is 55.2 Å². The molecule has 0 aliphatic heterocycles. The Labute approximate surface area is 114 Å². The number of aromatic nitrogens is 2. The first kappa shape index (κ1) is 11.7. The van der Waals surface area contributed by atoms with Crippen molar-refractivity contribution < 1.29 is 9.84 Å². The summed E-state index contributed by atoms with van der Waals surface area (Å²) < 4.78 is 5.49. The van der Waals surface area contributed by atoms with Crippen molar-refractivity contribution in [3.8, 4) is 17.4 Å². The predicted octanol–water partition coefficient (Wildman–Crippen LogP) is 3.78. The molecule has 0 aliphatic rings. The first-order chi connectivity index (χ1) is 9.24. The van der Waals surface area contributed by atoms with Crippen LogP contribution in [0.25, 0.3) is 11.0 Å². The van der Waals surface area contributed by atoms with Gasteiger partial charge >= 0.3 is 0 Å². The highest BCUT2D eigenvalue weighted by molar-refractivity contribution is 6.32. The van der Waals surface area contributed by atoms with Crippen molar-refractivity contribution in [2.45, 2.75) is 0 Å². The summed E-state index contributed by atoms with van der Waals surface area (Å²) in [6, 6.07) is 12.2. The van der Waals surface area contributed by atoms with Crippen molar-refractivity contribution in [1.29, 1.82) is 0 Å². The largest absolute Gasteiger partial charge is 0.504 e. The average Bonchev–Trinajstić information content (AvgIpc) is 2.43. The number of phenolic OH excluding ortho intramolecular Hbond substituents is 1. The first-order valence-electron chi connectivity index (χ1n) is 5.61. The maximum Gasteiger partial charge on any atom is 0.238 e. The summed E-state index contributed by atoms with van der Waals surface area (Å²) in [5.74, 6) is 0.415. The maximum atomic E-state index is 9.71. The number of ether oxygens (including phenoxy) is 1. The molecule has 0 spiro atoms. The van der Waals surface area contributed by atoms with E-state index in [1.54, 1.807) is 12.1 Å². The lowest BCUT2D eigenvalue weighted by molar-refractivity contribution is 0.403. The van der Waals surface area contributed by atoms with Crippen LogP contribution in [0.3, 0.4) is 0 Å². The molecule has 0 fully saturated rings. The van der Waals surface area contributed by atoms with Crippen LogP contribution in [0.5, 0.6) is 17.4 Å². The molecule has 0 saturated carbocycles. The number of halogens is 1. The fraction of sp³-hybridized carbons (Fsp3) is 0. The number of rotatable bonds is 2. The lowest BCUT2D eigenvalue weighted by atomic mass is 10.3. The van der Waals surface area contributed by atoms with E-state index < -0.39 is 0 Å². The second-order valence-electron chi connectivity index (χ2n) is 3.89. The Kier molecular flexibility index (Phi) is 2.93. The van der Waals surface area contributed by atoms with Gasteiger partial charge in [0.1, 0.15) is 0 Å². The molecule has 1 N–H and O–H groups in total. The van der Waals surface area contributed by atoms with E-state index in [0.29, 0.717) is 10.5 Å². The quantitative estimate of drug-likeness (QED) is 0.771. The number of para-hydroxylation sites is 3. The monoisotopic (exact) mass is 272 g/mol. The van der Waals surface area contributed by atoms with E-state index in [9.17, 15) is 5.11 Å². The zero-order chi connectivity index (χ0) is 13.2. The van der Waals surface area contributed by atoms with Gasteiger partial charge in [-0.05, 0) is 24.3 Å². The molecule has 19 heavy (non-hydrogen) atoms. The van der Waals surface area contributed by atoms with Gasteiger partial charge in [0.2, 0.25) is 5.88 Å². The molecule has 0 saturated heterocycles. The Balaban J connectivity index is 2.01. The molecule has 0 radical (unpaired) electrons. The Morgan fingerprint density at radius 1 is 1.00 bits per heavy atom. The zero-order valence-corrected chi connectivity index (χ0v) is 10.5. The van der Waals surface area contributed by atoms with Crippen LogP contribution in [0, 0.1) is 0 Å². The van der Waals surface area contributed by atoms with Crippen LogP contribution in [0.4, 0.5) is 0 Å². The maximum absolute atomic E-state index is 9.71. The van der Waals surface area contributed by atoms with E-state index >= 15 is 0 Å². The van der Waals surface area contributed by atoms with Crippen LogP contribution in [0.15, 0.2) is 48.7 Å². The molecule has 0 atom stereocenters.